The normalized spacial score (nSPS) is 17.2. The maximum absolute atomic E-state index is 5.72. The van der Waals surface area contributed by atoms with Crippen molar-refractivity contribution in [3.63, 3.8) is 0 Å². The van der Waals surface area contributed by atoms with Gasteiger partial charge in [0.1, 0.15) is 5.75 Å². The molecule has 0 heterocycles. The molecular weight excluding hydrogens is 292 g/mol. The lowest BCUT2D eigenvalue weighted by atomic mass is 9.90. The molecule has 3 nitrogen and oxygen atoms in total. The number of nitrogens with two attached hydrogens (primary N) is 1. The molecule has 0 fully saturated rings. The van der Waals surface area contributed by atoms with Gasteiger partial charge in [0, 0.05) is 0 Å². The summed E-state index contributed by atoms with van der Waals surface area (Å²) in [5.41, 5.74) is 5.48. The van der Waals surface area contributed by atoms with Crippen molar-refractivity contribution in [3.8, 4) is 5.75 Å². The van der Waals surface area contributed by atoms with Gasteiger partial charge in [0.05, 0.1) is 17.6 Å². The molecule has 98 valence electrons. The molecule has 0 radical (unpaired) electrons. The third kappa shape index (κ3) is 2.94. The van der Waals surface area contributed by atoms with E-state index in [2.05, 4.69) is 39.6 Å². The van der Waals surface area contributed by atoms with Crippen LogP contribution in [0.5, 0.6) is 5.75 Å². The Balaban J connectivity index is 2.27. The van der Waals surface area contributed by atoms with E-state index in [1.807, 2.05) is 6.07 Å². The van der Waals surface area contributed by atoms with Gasteiger partial charge in [-0.3, -0.25) is 5.84 Å². The minimum atomic E-state index is 0.104. The Morgan fingerprint density at radius 1 is 1.39 bits per heavy atom. The van der Waals surface area contributed by atoms with Crippen molar-refractivity contribution < 1.29 is 4.74 Å². The minimum absolute atomic E-state index is 0.104. The number of hydrogen-bond acceptors (Lipinski definition) is 3. The molecule has 1 atom stereocenters. The molecule has 0 saturated heterocycles. The van der Waals surface area contributed by atoms with Crippen LogP contribution in [0.3, 0.4) is 0 Å². The topological polar surface area (TPSA) is 47.3 Å². The van der Waals surface area contributed by atoms with Crippen LogP contribution in [0.4, 0.5) is 0 Å². The van der Waals surface area contributed by atoms with Gasteiger partial charge in [0.15, 0.2) is 0 Å². The van der Waals surface area contributed by atoms with Crippen LogP contribution in [-0.2, 0) is 0 Å². The van der Waals surface area contributed by atoms with E-state index in [0.717, 1.165) is 23.1 Å². The van der Waals surface area contributed by atoms with E-state index in [4.69, 9.17) is 10.6 Å². The van der Waals surface area contributed by atoms with Gasteiger partial charge in [-0.2, -0.15) is 0 Å². The van der Waals surface area contributed by atoms with E-state index in [1.165, 1.54) is 24.0 Å². The molecule has 4 heteroatoms. The average molecular weight is 311 g/mol. The van der Waals surface area contributed by atoms with Gasteiger partial charge in [-0.1, -0.05) is 17.7 Å². The molecule has 0 spiro atoms. The maximum Gasteiger partial charge on any atom is 0.133 e. The average Bonchev–Trinajstić information content (AvgIpc) is 2.41. The molecular formula is C14H19BrN2O. The number of allylic oxidation sites excluding steroid dienone is 1. The van der Waals surface area contributed by atoms with Crippen LogP contribution in [0.15, 0.2) is 34.3 Å². The highest BCUT2D eigenvalue weighted by atomic mass is 79.9. The Morgan fingerprint density at radius 2 is 2.22 bits per heavy atom. The summed E-state index contributed by atoms with van der Waals surface area (Å²) in [6.07, 6.45) is 7.13. The molecule has 18 heavy (non-hydrogen) atoms. The number of hydrogen-bond donors (Lipinski definition) is 2. The second-order valence-corrected chi connectivity index (χ2v) is 5.37. The van der Waals surface area contributed by atoms with Crippen molar-refractivity contribution in [2.24, 2.45) is 5.84 Å². The monoisotopic (exact) mass is 310 g/mol. The smallest absolute Gasteiger partial charge is 0.133 e. The van der Waals surface area contributed by atoms with Crippen LogP contribution in [0.25, 0.3) is 0 Å². The van der Waals surface area contributed by atoms with E-state index >= 15 is 0 Å². The van der Waals surface area contributed by atoms with Gasteiger partial charge in [0.2, 0.25) is 0 Å². The van der Waals surface area contributed by atoms with Crippen molar-refractivity contribution in [1.29, 1.82) is 0 Å². The fraction of sp³-hybridized carbons (Fsp3) is 0.429. The summed E-state index contributed by atoms with van der Waals surface area (Å²) in [5.74, 6) is 6.56. The number of methoxy groups -OCH3 is 1. The number of ether oxygens (including phenoxy) is 1. The molecule has 0 aromatic heterocycles. The van der Waals surface area contributed by atoms with Gasteiger partial charge in [-0.05, 0) is 59.3 Å². The number of hydrazine groups is 1. The highest BCUT2D eigenvalue weighted by Crippen LogP contribution is 2.33. The van der Waals surface area contributed by atoms with Gasteiger partial charge >= 0.3 is 0 Å². The first-order chi connectivity index (χ1) is 8.76. The van der Waals surface area contributed by atoms with Gasteiger partial charge in [-0.25, -0.2) is 5.43 Å². The fourth-order valence-electron chi connectivity index (χ4n) is 2.40. The summed E-state index contributed by atoms with van der Waals surface area (Å²) in [6.45, 7) is 0. The predicted octanol–water partition coefficient (Wildman–Crippen LogP) is 3.46. The first-order valence-electron chi connectivity index (χ1n) is 6.24. The Morgan fingerprint density at radius 3 is 2.78 bits per heavy atom. The lowest BCUT2D eigenvalue weighted by molar-refractivity contribution is 0.411. The van der Waals surface area contributed by atoms with E-state index < -0.39 is 0 Å². The number of benzene rings is 1. The summed E-state index contributed by atoms with van der Waals surface area (Å²) in [7, 11) is 1.67. The Labute approximate surface area is 116 Å². The molecule has 1 aliphatic carbocycles. The second kappa shape index (κ2) is 6.36. The summed E-state index contributed by atoms with van der Waals surface area (Å²) in [6, 6.07) is 6.20. The zero-order valence-corrected chi connectivity index (χ0v) is 12.2. The van der Waals surface area contributed by atoms with E-state index in [9.17, 15) is 0 Å². The maximum atomic E-state index is 5.72. The molecule has 1 unspecified atom stereocenters. The Hall–Kier alpha value is -0.840. The van der Waals surface area contributed by atoms with Gasteiger partial charge in [-0.15, -0.1) is 0 Å². The quantitative estimate of drug-likeness (QED) is 0.508. The molecule has 1 aromatic rings. The van der Waals surface area contributed by atoms with Crippen molar-refractivity contribution in [3.05, 3.63) is 39.9 Å². The first kappa shape index (κ1) is 13.6. The van der Waals surface area contributed by atoms with Crippen LogP contribution in [0.2, 0.25) is 0 Å². The zero-order valence-electron chi connectivity index (χ0n) is 10.6. The molecule has 1 aliphatic rings. The van der Waals surface area contributed by atoms with Gasteiger partial charge in [0.25, 0.3) is 0 Å². The van der Waals surface area contributed by atoms with E-state index in [-0.39, 0.29) is 6.04 Å². The van der Waals surface area contributed by atoms with Crippen LogP contribution < -0.4 is 16.0 Å². The third-order valence-electron chi connectivity index (χ3n) is 3.37. The lowest BCUT2D eigenvalue weighted by Gasteiger charge is -2.23. The highest BCUT2D eigenvalue weighted by molar-refractivity contribution is 9.10. The molecule has 0 saturated carbocycles. The standard InChI is InChI=1S/C14H19BrN2O/c1-18-13-8-7-11(9-12(13)15)14(17-16)10-5-3-2-4-6-10/h5,7-9,14,17H,2-4,6,16H2,1H3. The summed E-state index contributed by atoms with van der Waals surface area (Å²) in [5, 5.41) is 0. The number of halogens is 1. The molecule has 0 amide bonds. The second-order valence-electron chi connectivity index (χ2n) is 4.52. The van der Waals surface area contributed by atoms with E-state index in [1.54, 1.807) is 7.11 Å². The molecule has 2 rings (SSSR count). The van der Waals surface area contributed by atoms with Crippen molar-refractivity contribution in [1.82, 2.24) is 5.43 Å². The summed E-state index contributed by atoms with van der Waals surface area (Å²) >= 11 is 3.52. The Bertz CT molecular complexity index is 445. The first-order valence-corrected chi connectivity index (χ1v) is 7.04. The molecule has 3 N–H and O–H groups in total. The lowest BCUT2D eigenvalue weighted by Crippen LogP contribution is -2.30. The summed E-state index contributed by atoms with van der Waals surface area (Å²) in [4.78, 5) is 0. The van der Waals surface area contributed by atoms with Crippen molar-refractivity contribution >= 4 is 15.9 Å². The molecule has 0 bridgehead atoms. The minimum Gasteiger partial charge on any atom is -0.496 e. The largest absolute Gasteiger partial charge is 0.496 e. The summed E-state index contributed by atoms with van der Waals surface area (Å²) < 4.78 is 6.20. The number of nitrogens with one attached hydrogen (secondary N) is 1. The molecule has 0 aliphatic heterocycles. The highest BCUT2D eigenvalue weighted by Gasteiger charge is 2.17. The van der Waals surface area contributed by atoms with Crippen LogP contribution in [0, 0.1) is 0 Å². The predicted molar refractivity (Wildman–Crippen MR) is 77.3 cm³/mol. The Kier molecular flexibility index (Phi) is 4.80. The van der Waals surface area contributed by atoms with Crippen molar-refractivity contribution in [2.75, 3.05) is 7.11 Å². The fourth-order valence-corrected chi connectivity index (χ4v) is 2.96. The van der Waals surface area contributed by atoms with Crippen LogP contribution in [-0.4, -0.2) is 7.11 Å². The SMILES string of the molecule is COc1ccc(C(NN)C2=CCCCC2)cc1Br. The van der Waals surface area contributed by atoms with Gasteiger partial charge < -0.3 is 4.74 Å². The van der Waals surface area contributed by atoms with Crippen LogP contribution >= 0.6 is 15.9 Å². The molecule has 1 aromatic carbocycles. The number of rotatable bonds is 4. The zero-order chi connectivity index (χ0) is 13.0. The van der Waals surface area contributed by atoms with Crippen molar-refractivity contribution in [2.45, 2.75) is 31.7 Å². The van der Waals surface area contributed by atoms with Crippen LogP contribution in [0.1, 0.15) is 37.3 Å². The third-order valence-corrected chi connectivity index (χ3v) is 3.99. The van der Waals surface area contributed by atoms with E-state index in [0.29, 0.717) is 0 Å².